The molecule has 0 radical (unpaired) electrons. The van der Waals surface area contributed by atoms with Crippen LogP contribution in [0, 0.1) is 0 Å². The van der Waals surface area contributed by atoms with Crippen LogP contribution in [-0.2, 0) is 13.1 Å². The average molecular weight is 324 g/mol. The highest BCUT2D eigenvalue weighted by atomic mass is 32.1. The lowest BCUT2D eigenvalue weighted by Gasteiger charge is -2.15. The zero-order chi connectivity index (χ0) is 15.6. The summed E-state index contributed by atoms with van der Waals surface area (Å²) in [6.07, 6.45) is 4.96. The lowest BCUT2D eigenvalue weighted by Crippen LogP contribution is -2.25. The first kappa shape index (κ1) is 13.8. The van der Waals surface area contributed by atoms with Crippen molar-refractivity contribution in [2.75, 3.05) is 0 Å². The number of hydrogen-bond donors (Lipinski definition) is 0. The van der Waals surface area contributed by atoms with Gasteiger partial charge in [0.25, 0.3) is 11.1 Å². The van der Waals surface area contributed by atoms with E-state index in [9.17, 15) is 4.79 Å². The number of hydrogen-bond acceptors (Lipinski definition) is 6. The molecule has 3 aromatic rings. The highest BCUT2D eigenvalue weighted by molar-refractivity contribution is 7.11. The quantitative estimate of drug-likeness (QED) is 0.741. The zero-order valence-electron chi connectivity index (χ0n) is 12.0. The second-order valence-electron chi connectivity index (χ2n) is 5.08. The van der Waals surface area contributed by atoms with Crippen LogP contribution in [0.4, 0.5) is 0 Å². The summed E-state index contributed by atoms with van der Waals surface area (Å²) < 4.78 is 5.59. The average Bonchev–Trinajstić information content (AvgIpc) is 3.24. The molecule has 0 spiro atoms. The highest BCUT2D eigenvalue weighted by Crippen LogP contribution is 2.25. The van der Waals surface area contributed by atoms with Gasteiger partial charge in [-0.1, -0.05) is 11.3 Å². The topological polar surface area (TPSA) is 68.2 Å². The normalized spacial score (nSPS) is 13.0. The SMILES string of the molecule is O=C(c1ccc(Oc2nccs2)cc1)N1Cc2cncnc2C1. The van der Waals surface area contributed by atoms with E-state index < -0.39 is 0 Å². The molecular formula is C16H12N4O2S. The Bertz CT molecular complexity index is 809. The Morgan fingerprint density at radius 3 is 2.78 bits per heavy atom. The molecule has 1 aromatic carbocycles. The Balaban J connectivity index is 1.47. The van der Waals surface area contributed by atoms with Crippen LogP contribution in [0.15, 0.2) is 48.4 Å². The second-order valence-corrected chi connectivity index (χ2v) is 5.94. The molecule has 0 saturated carbocycles. The predicted octanol–water partition coefficient (Wildman–Crippen LogP) is 2.88. The molecule has 2 aromatic heterocycles. The van der Waals surface area contributed by atoms with Crippen molar-refractivity contribution in [2.24, 2.45) is 0 Å². The van der Waals surface area contributed by atoms with Gasteiger partial charge in [-0.2, -0.15) is 0 Å². The van der Waals surface area contributed by atoms with E-state index in [2.05, 4.69) is 15.0 Å². The molecule has 0 unspecified atom stereocenters. The molecule has 114 valence electrons. The fraction of sp³-hybridized carbons (Fsp3) is 0.125. The number of fused-ring (bicyclic) bond motifs is 1. The van der Waals surface area contributed by atoms with Crippen LogP contribution in [0.3, 0.4) is 0 Å². The van der Waals surface area contributed by atoms with Gasteiger partial charge in [-0.05, 0) is 24.3 Å². The van der Waals surface area contributed by atoms with Crippen LogP contribution in [0.2, 0.25) is 0 Å². The first-order chi connectivity index (χ1) is 11.3. The number of aromatic nitrogens is 3. The Labute approximate surface area is 136 Å². The van der Waals surface area contributed by atoms with Gasteiger partial charge in [0, 0.05) is 35.4 Å². The molecule has 4 rings (SSSR count). The van der Waals surface area contributed by atoms with E-state index in [1.54, 1.807) is 41.6 Å². The third-order valence-electron chi connectivity index (χ3n) is 3.59. The minimum absolute atomic E-state index is 0.0243. The summed E-state index contributed by atoms with van der Waals surface area (Å²) >= 11 is 1.42. The number of benzene rings is 1. The summed E-state index contributed by atoms with van der Waals surface area (Å²) in [5.41, 5.74) is 2.54. The molecule has 7 heteroatoms. The maximum Gasteiger partial charge on any atom is 0.278 e. The van der Waals surface area contributed by atoms with E-state index in [0.29, 0.717) is 29.6 Å². The van der Waals surface area contributed by atoms with Crippen LogP contribution in [0.25, 0.3) is 0 Å². The van der Waals surface area contributed by atoms with Crippen LogP contribution in [0.1, 0.15) is 21.6 Å². The largest absolute Gasteiger partial charge is 0.431 e. The number of thiazole rings is 1. The molecule has 0 fully saturated rings. The molecule has 1 aliphatic heterocycles. The van der Waals surface area contributed by atoms with Crippen molar-refractivity contribution < 1.29 is 9.53 Å². The molecule has 0 aliphatic carbocycles. The minimum Gasteiger partial charge on any atom is -0.431 e. The summed E-state index contributed by atoms with van der Waals surface area (Å²) in [5.74, 6) is 0.635. The fourth-order valence-corrected chi connectivity index (χ4v) is 2.96. The maximum atomic E-state index is 12.6. The highest BCUT2D eigenvalue weighted by Gasteiger charge is 2.25. The molecule has 0 atom stereocenters. The van der Waals surface area contributed by atoms with Crippen molar-refractivity contribution in [3.05, 3.63) is 65.2 Å². The summed E-state index contributed by atoms with van der Waals surface area (Å²) in [7, 11) is 0. The molecule has 0 N–H and O–H groups in total. The second kappa shape index (κ2) is 5.77. The Morgan fingerprint density at radius 2 is 2.04 bits per heavy atom. The molecule has 1 amide bonds. The van der Waals surface area contributed by atoms with Gasteiger partial charge >= 0.3 is 0 Å². The first-order valence-electron chi connectivity index (χ1n) is 7.04. The number of amides is 1. The fourth-order valence-electron chi connectivity index (χ4n) is 2.45. The van der Waals surface area contributed by atoms with Gasteiger partial charge in [0.2, 0.25) is 0 Å². The van der Waals surface area contributed by atoms with Gasteiger partial charge in [0.15, 0.2) is 0 Å². The van der Waals surface area contributed by atoms with Crippen LogP contribution >= 0.6 is 11.3 Å². The number of ether oxygens (including phenoxy) is 1. The van der Waals surface area contributed by atoms with Crippen molar-refractivity contribution in [3.8, 4) is 10.9 Å². The lowest BCUT2D eigenvalue weighted by molar-refractivity contribution is 0.0750. The van der Waals surface area contributed by atoms with Gasteiger partial charge < -0.3 is 9.64 Å². The standard InChI is InChI=1S/C16H12N4O2S/c21-15(20-8-12-7-17-10-19-14(12)9-20)11-1-3-13(4-2-11)22-16-18-5-6-23-16/h1-7,10H,8-9H2. The molecule has 1 aliphatic rings. The van der Waals surface area contributed by atoms with E-state index >= 15 is 0 Å². The molecular weight excluding hydrogens is 312 g/mol. The maximum absolute atomic E-state index is 12.6. The van der Waals surface area contributed by atoms with Crippen molar-refractivity contribution >= 4 is 17.2 Å². The molecule has 6 nitrogen and oxygen atoms in total. The van der Waals surface area contributed by atoms with E-state index in [4.69, 9.17) is 4.74 Å². The molecule has 23 heavy (non-hydrogen) atoms. The monoisotopic (exact) mass is 324 g/mol. The van der Waals surface area contributed by atoms with Crippen molar-refractivity contribution in [1.29, 1.82) is 0 Å². The van der Waals surface area contributed by atoms with Crippen molar-refractivity contribution in [2.45, 2.75) is 13.1 Å². The van der Waals surface area contributed by atoms with Crippen LogP contribution in [-0.4, -0.2) is 25.8 Å². The Morgan fingerprint density at radius 1 is 1.17 bits per heavy atom. The predicted molar refractivity (Wildman–Crippen MR) is 84.2 cm³/mol. The number of rotatable bonds is 3. The van der Waals surface area contributed by atoms with Gasteiger partial charge in [-0.3, -0.25) is 4.79 Å². The first-order valence-corrected chi connectivity index (χ1v) is 7.92. The molecule has 0 bridgehead atoms. The van der Waals surface area contributed by atoms with E-state index in [1.165, 1.54) is 17.7 Å². The van der Waals surface area contributed by atoms with Crippen molar-refractivity contribution in [3.63, 3.8) is 0 Å². The smallest absolute Gasteiger partial charge is 0.278 e. The summed E-state index contributed by atoms with van der Waals surface area (Å²) in [6, 6.07) is 7.08. The number of carbonyl (C=O) groups is 1. The summed E-state index contributed by atoms with van der Waals surface area (Å²) in [5, 5.41) is 2.43. The van der Waals surface area contributed by atoms with Gasteiger partial charge in [0.05, 0.1) is 12.2 Å². The van der Waals surface area contributed by atoms with Gasteiger partial charge in [-0.15, -0.1) is 0 Å². The van der Waals surface area contributed by atoms with E-state index in [-0.39, 0.29) is 5.91 Å². The van der Waals surface area contributed by atoms with E-state index in [0.717, 1.165) is 11.3 Å². The third-order valence-corrected chi connectivity index (χ3v) is 4.23. The van der Waals surface area contributed by atoms with Crippen LogP contribution in [0.5, 0.6) is 10.9 Å². The minimum atomic E-state index is -0.0243. The Kier molecular flexibility index (Phi) is 3.47. The number of nitrogens with zero attached hydrogens (tertiary/aromatic N) is 4. The molecule has 0 saturated heterocycles. The van der Waals surface area contributed by atoms with Gasteiger partial charge in [0.1, 0.15) is 12.1 Å². The summed E-state index contributed by atoms with van der Waals surface area (Å²) in [6.45, 7) is 1.07. The third kappa shape index (κ3) is 2.78. The zero-order valence-corrected chi connectivity index (χ0v) is 12.9. The van der Waals surface area contributed by atoms with Crippen molar-refractivity contribution in [1.82, 2.24) is 19.9 Å². The van der Waals surface area contributed by atoms with Crippen LogP contribution < -0.4 is 4.74 Å². The molecule has 3 heterocycles. The summed E-state index contributed by atoms with van der Waals surface area (Å²) in [4.78, 5) is 26.6. The lowest BCUT2D eigenvalue weighted by atomic mass is 10.2. The van der Waals surface area contributed by atoms with Gasteiger partial charge in [-0.25, -0.2) is 15.0 Å². The Hall–Kier alpha value is -2.80. The number of carbonyl (C=O) groups excluding carboxylic acids is 1. The van der Waals surface area contributed by atoms with E-state index in [1.807, 2.05) is 5.38 Å².